The Morgan fingerprint density at radius 1 is 1.32 bits per heavy atom. The number of carbonyl (C=O) groups is 1. The molecule has 1 aliphatic rings. The molecule has 2 N–H and O–H groups in total. The van der Waals surface area contributed by atoms with Gasteiger partial charge in [0.05, 0.1) is 5.41 Å². The Hall–Kier alpha value is -1.51. The average Bonchev–Trinajstić information content (AvgIpc) is 2.18. The SMILES string of the molecule is CC(C)(C)Cc1ccc(O)c(C2(C(=O)O)CCC2)c1. The number of phenols is 1. The highest BCUT2D eigenvalue weighted by Crippen LogP contribution is 2.47. The van der Waals surface area contributed by atoms with Gasteiger partial charge in [0.1, 0.15) is 5.75 Å². The van der Waals surface area contributed by atoms with E-state index in [1.807, 2.05) is 12.1 Å². The second-order valence-corrected chi connectivity index (χ2v) is 6.83. The number of benzene rings is 1. The summed E-state index contributed by atoms with van der Waals surface area (Å²) in [5.74, 6) is -0.707. The highest BCUT2D eigenvalue weighted by molar-refractivity contribution is 5.83. The fraction of sp³-hybridized carbons (Fsp3) is 0.562. The molecule has 2 rings (SSSR count). The maximum absolute atomic E-state index is 11.5. The number of carboxylic acids is 1. The standard InChI is InChI=1S/C16H22O3/c1-15(2,3)10-11-5-6-13(17)12(9-11)16(14(18)19)7-4-8-16/h5-6,9,17H,4,7-8,10H2,1-3H3,(H,18,19). The lowest BCUT2D eigenvalue weighted by molar-refractivity contribution is -0.147. The zero-order valence-electron chi connectivity index (χ0n) is 11.9. The lowest BCUT2D eigenvalue weighted by Gasteiger charge is -2.38. The number of carboxylic acid groups (broad SMARTS) is 1. The van der Waals surface area contributed by atoms with Gasteiger partial charge in [-0.05, 0) is 36.3 Å². The summed E-state index contributed by atoms with van der Waals surface area (Å²) in [4.78, 5) is 11.5. The summed E-state index contributed by atoms with van der Waals surface area (Å²) in [6.07, 6.45) is 3.02. The first kappa shape index (κ1) is 13.9. The minimum Gasteiger partial charge on any atom is -0.508 e. The van der Waals surface area contributed by atoms with E-state index in [4.69, 9.17) is 0 Å². The van der Waals surface area contributed by atoms with Crippen molar-refractivity contribution < 1.29 is 15.0 Å². The zero-order valence-corrected chi connectivity index (χ0v) is 11.9. The van der Waals surface area contributed by atoms with Crippen LogP contribution in [0.2, 0.25) is 0 Å². The van der Waals surface area contributed by atoms with Crippen molar-refractivity contribution in [3.8, 4) is 5.75 Å². The second kappa shape index (κ2) is 4.55. The molecule has 1 aromatic rings. The van der Waals surface area contributed by atoms with E-state index in [2.05, 4.69) is 20.8 Å². The van der Waals surface area contributed by atoms with E-state index < -0.39 is 11.4 Å². The Balaban J connectivity index is 2.40. The summed E-state index contributed by atoms with van der Waals surface area (Å²) in [7, 11) is 0. The molecule has 0 aliphatic heterocycles. The van der Waals surface area contributed by atoms with Crippen molar-refractivity contribution in [1.82, 2.24) is 0 Å². The smallest absolute Gasteiger partial charge is 0.314 e. The Bertz CT molecular complexity index is 493. The van der Waals surface area contributed by atoms with Crippen molar-refractivity contribution >= 4 is 5.97 Å². The van der Waals surface area contributed by atoms with Gasteiger partial charge in [0, 0.05) is 5.56 Å². The quantitative estimate of drug-likeness (QED) is 0.876. The monoisotopic (exact) mass is 262 g/mol. The van der Waals surface area contributed by atoms with Gasteiger partial charge < -0.3 is 10.2 Å². The van der Waals surface area contributed by atoms with Crippen molar-refractivity contribution in [1.29, 1.82) is 0 Å². The molecule has 0 spiro atoms. The van der Waals surface area contributed by atoms with Crippen LogP contribution < -0.4 is 0 Å². The van der Waals surface area contributed by atoms with Gasteiger partial charge in [0.25, 0.3) is 0 Å². The summed E-state index contributed by atoms with van der Waals surface area (Å²) in [5.41, 5.74) is 0.961. The van der Waals surface area contributed by atoms with Crippen LogP contribution in [-0.2, 0) is 16.6 Å². The maximum atomic E-state index is 11.5. The summed E-state index contributed by atoms with van der Waals surface area (Å²) in [5, 5.41) is 19.5. The van der Waals surface area contributed by atoms with E-state index in [0.717, 1.165) is 18.4 Å². The van der Waals surface area contributed by atoms with E-state index in [-0.39, 0.29) is 11.2 Å². The first-order chi connectivity index (χ1) is 8.74. The molecular weight excluding hydrogens is 240 g/mol. The summed E-state index contributed by atoms with van der Waals surface area (Å²) in [6.45, 7) is 6.45. The van der Waals surface area contributed by atoms with Gasteiger partial charge in [-0.2, -0.15) is 0 Å². The minimum absolute atomic E-state index is 0.111. The molecule has 19 heavy (non-hydrogen) atoms. The van der Waals surface area contributed by atoms with Crippen molar-refractivity contribution in [3.63, 3.8) is 0 Å². The molecule has 0 heterocycles. The van der Waals surface area contributed by atoms with Crippen molar-refractivity contribution in [2.45, 2.75) is 51.9 Å². The van der Waals surface area contributed by atoms with Crippen LogP contribution in [0.4, 0.5) is 0 Å². The van der Waals surface area contributed by atoms with Gasteiger partial charge >= 0.3 is 5.97 Å². The molecule has 0 saturated heterocycles. The molecule has 0 aromatic heterocycles. The van der Waals surface area contributed by atoms with Gasteiger partial charge in [-0.3, -0.25) is 4.79 Å². The largest absolute Gasteiger partial charge is 0.508 e. The van der Waals surface area contributed by atoms with Gasteiger partial charge in [0.2, 0.25) is 0 Å². The second-order valence-electron chi connectivity index (χ2n) is 6.83. The summed E-state index contributed by atoms with van der Waals surface area (Å²) < 4.78 is 0. The molecule has 0 radical (unpaired) electrons. The molecule has 1 saturated carbocycles. The third-order valence-electron chi connectivity index (χ3n) is 3.93. The lowest BCUT2D eigenvalue weighted by Crippen LogP contribution is -2.42. The van der Waals surface area contributed by atoms with Crippen LogP contribution in [0, 0.1) is 5.41 Å². The summed E-state index contributed by atoms with van der Waals surface area (Å²) in [6, 6.07) is 5.41. The van der Waals surface area contributed by atoms with Crippen LogP contribution in [0.5, 0.6) is 5.75 Å². The third kappa shape index (κ3) is 2.60. The number of phenolic OH excluding ortho intramolecular Hbond substituents is 1. The molecule has 0 unspecified atom stereocenters. The Labute approximate surface area is 114 Å². The van der Waals surface area contributed by atoms with Crippen LogP contribution >= 0.6 is 0 Å². The number of aromatic hydroxyl groups is 1. The molecule has 0 bridgehead atoms. The van der Waals surface area contributed by atoms with Gasteiger partial charge in [-0.1, -0.05) is 39.3 Å². The first-order valence-electron chi connectivity index (χ1n) is 6.80. The van der Waals surface area contributed by atoms with E-state index in [1.54, 1.807) is 6.07 Å². The van der Waals surface area contributed by atoms with Crippen LogP contribution in [-0.4, -0.2) is 16.2 Å². The van der Waals surface area contributed by atoms with E-state index >= 15 is 0 Å². The van der Waals surface area contributed by atoms with Gasteiger partial charge in [-0.15, -0.1) is 0 Å². The van der Waals surface area contributed by atoms with Crippen LogP contribution in [0.3, 0.4) is 0 Å². The molecule has 0 atom stereocenters. The highest BCUT2D eigenvalue weighted by atomic mass is 16.4. The molecule has 1 aromatic carbocycles. The Morgan fingerprint density at radius 2 is 1.95 bits per heavy atom. The third-order valence-corrected chi connectivity index (χ3v) is 3.93. The summed E-state index contributed by atoms with van der Waals surface area (Å²) >= 11 is 0. The Morgan fingerprint density at radius 3 is 2.37 bits per heavy atom. The van der Waals surface area contributed by atoms with Crippen molar-refractivity contribution in [3.05, 3.63) is 29.3 Å². The van der Waals surface area contributed by atoms with E-state index in [0.29, 0.717) is 18.4 Å². The predicted molar refractivity (Wildman–Crippen MR) is 74.4 cm³/mol. The number of rotatable bonds is 3. The predicted octanol–water partition coefficient (Wildman–Crippen LogP) is 3.49. The maximum Gasteiger partial charge on any atom is 0.314 e. The Kier molecular flexibility index (Phi) is 3.33. The van der Waals surface area contributed by atoms with Gasteiger partial charge in [0.15, 0.2) is 0 Å². The normalized spacial score (nSPS) is 17.8. The van der Waals surface area contributed by atoms with Crippen LogP contribution in [0.1, 0.15) is 51.2 Å². The lowest BCUT2D eigenvalue weighted by atomic mass is 9.64. The fourth-order valence-corrected chi connectivity index (χ4v) is 2.82. The molecule has 3 nitrogen and oxygen atoms in total. The van der Waals surface area contributed by atoms with Crippen molar-refractivity contribution in [2.24, 2.45) is 5.41 Å². The topological polar surface area (TPSA) is 57.5 Å². The average molecular weight is 262 g/mol. The molecular formula is C16H22O3. The first-order valence-corrected chi connectivity index (χ1v) is 6.80. The van der Waals surface area contributed by atoms with E-state index in [1.165, 1.54) is 0 Å². The minimum atomic E-state index is -0.863. The molecule has 1 aliphatic carbocycles. The number of hydrogen-bond donors (Lipinski definition) is 2. The number of hydrogen-bond acceptors (Lipinski definition) is 2. The molecule has 104 valence electrons. The molecule has 3 heteroatoms. The molecule has 1 fully saturated rings. The fourth-order valence-electron chi connectivity index (χ4n) is 2.82. The highest BCUT2D eigenvalue weighted by Gasteiger charge is 2.47. The van der Waals surface area contributed by atoms with Crippen molar-refractivity contribution in [2.75, 3.05) is 0 Å². The zero-order chi connectivity index (χ0) is 14.3. The van der Waals surface area contributed by atoms with Crippen LogP contribution in [0.25, 0.3) is 0 Å². The van der Waals surface area contributed by atoms with Crippen LogP contribution in [0.15, 0.2) is 18.2 Å². The molecule has 0 amide bonds. The van der Waals surface area contributed by atoms with Gasteiger partial charge in [-0.25, -0.2) is 0 Å². The van der Waals surface area contributed by atoms with E-state index in [9.17, 15) is 15.0 Å². The number of aliphatic carboxylic acids is 1.